The van der Waals surface area contributed by atoms with Gasteiger partial charge in [-0.3, -0.25) is 10.1 Å². The monoisotopic (exact) mass is 185 g/mol. The maximum atomic E-state index is 11.2. The van der Waals surface area contributed by atoms with E-state index in [9.17, 15) is 4.79 Å². The van der Waals surface area contributed by atoms with Crippen LogP contribution in [0.2, 0.25) is 0 Å². The summed E-state index contributed by atoms with van der Waals surface area (Å²) in [6, 6.07) is 0. The van der Waals surface area contributed by atoms with E-state index in [0.29, 0.717) is 5.96 Å². The molecule has 0 radical (unpaired) electrons. The Hall–Kier alpha value is -1.63. The van der Waals surface area contributed by atoms with Crippen LogP contribution in [0.1, 0.15) is 0 Å². The number of carbonyl (C=O) groups is 1. The second-order valence-electron chi connectivity index (χ2n) is 2.73. The predicted molar refractivity (Wildman–Crippen MR) is 46.5 cm³/mol. The first-order chi connectivity index (χ1) is 6.06. The summed E-state index contributed by atoms with van der Waals surface area (Å²) in [5.41, 5.74) is 5.25. The van der Waals surface area contributed by atoms with E-state index in [1.54, 1.807) is 19.0 Å². The lowest BCUT2D eigenvalue weighted by molar-refractivity contribution is -0.114. The fourth-order valence-corrected chi connectivity index (χ4v) is 0.857. The molecule has 13 heavy (non-hydrogen) atoms. The van der Waals surface area contributed by atoms with Crippen molar-refractivity contribution in [2.24, 2.45) is 15.9 Å². The number of nitrogens with zero attached hydrogens (tertiary/aromatic N) is 3. The van der Waals surface area contributed by atoms with Crippen LogP contribution in [0.4, 0.5) is 0 Å². The molecule has 0 fully saturated rings. The number of hydrogen-bond donors (Lipinski definition) is 3. The molecule has 0 aromatic carbocycles. The van der Waals surface area contributed by atoms with Crippen molar-refractivity contribution >= 4 is 17.6 Å². The van der Waals surface area contributed by atoms with E-state index in [0.717, 1.165) is 0 Å². The predicted octanol–water partition coefficient (Wildman–Crippen LogP) is -1.85. The average molecular weight is 185 g/mol. The van der Waals surface area contributed by atoms with Crippen molar-refractivity contribution < 1.29 is 10.0 Å². The van der Waals surface area contributed by atoms with Gasteiger partial charge >= 0.3 is 0 Å². The fraction of sp³-hybridized carbons (Fsp3) is 0.500. The fourth-order valence-electron chi connectivity index (χ4n) is 0.857. The molecule has 0 aromatic heterocycles. The number of rotatable bonds is 0. The highest BCUT2D eigenvalue weighted by Crippen LogP contribution is 1.97. The summed E-state index contributed by atoms with van der Waals surface area (Å²) in [7, 11) is 3.43. The number of carbonyl (C=O) groups excluding carboxylic acids is 1. The van der Waals surface area contributed by atoms with Gasteiger partial charge in [-0.2, -0.15) is 0 Å². The van der Waals surface area contributed by atoms with Crippen LogP contribution < -0.4 is 11.1 Å². The SMILES string of the molecule is CN(C)C1=NC(N)C(=NO)C(=O)N1. The Kier molecular flexibility index (Phi) is 2.47. The molecule has 1 heterocycles. The van der Waals surface area contributed by atoms with Gasteiger partial charge in [0.25, 0.3) is 5.91 Å². The van der Waals surface area contributed by atoms with Gasteiger partial charge in [-0.05, 0) is 0 Å². The zero-order valence-electron chi connectivity index (χ0n) is 7.35. The van der Waals surface area contributed by atoms with E-state index in [4.69, 9.17) is 10.9 Å². The second-order valence-corrected chi connectivity index (χ2v) is 2.73. The quantitative estimate of drug-likeness (QED) is 0.304. The van der Waals surface area contributed by atoms with Crippen LogP contribution >= 0.6 is 0 Å². The molecule has 72 valence electrons. The summed E-state index contributed by atoms with van der Waals surface area (Å²) in [6.07, 6.45) is -0.906. The number of oxime groups is 1. The minimum atomic E-state index is -0.906. The van der Waals surface area contributed by atoms with E-state index in [1.165, 1.54) is 0 Å². The van der Waals surface area contributed by atoms with Gasteiger partial charge in [0.05, 0.1) is 0 Å². The molecule has 0 aliphatic carbocycles. The molecular weight excluding hydrogens is 174 g/mol. The Morgan fingerprint density at radius 1 is 1.69 bits per heavy atom. The third-order valence-electron chi connectivity index (χ3n) is 1.53. The van der Waals surface area contributed by atoms with Gasteiger partial charge in [0.2, 0.25) is 5.96 Å². The topological polar surface area (TPSA) is 103 Å². The summed E-state index contributed by atoms with van der Waals surface area (Å²) in [4.78, 5) is 16.6. The van der Waals surface area contributed by atoms with Crippen molar-refractivity contribution in [3.8, 4) is 0 Å². The van der Waals surface area contributed by atoms with Crippen molar-refractivity contribution in [2.45, 2.75) is 6.17 Å². The molecule has 0 saturated carbocycles. The second kappa shape index (κ2) is 3.40. The summed E-state index contributed by atoms with van der Waals surface area (Å²) in [6.45, 7) is 0. The summed E-state index contributed by atoms with van der Waals surface area (Å²) >= 11 is 0. The van der Waals surface area contributed by atoms with Crippen LogP contribution in [0, 0.1) is 0 Å². The van der Waals surface area contributed by atoms with Crippen molar-refractivity contribution in [3.63, 3.8) is 0 Å². The zero-order chi connectivity index (χ0) is 10.0. The molecule has 0 spiro atoms. The van der Waals surface area contributed by atoms with Gasteiger partial charge in [0, 0.05) is 14.1 Å². The van der Waals surface area contributed by atoms with Gasteiger partial charge in [-0.25, -0.2) is 4.99 Å². The number of nitrogens with one attached hydrogen (secondary N) is 1. The molecule has 1 rings (SSSR count). The van der Waals surface area contributed by atoms with Crippen molar-refractivity contribution in [2.75, 3.05) is 14.1 Å². The molecule has 1 aliphatic heterocycles. The van der Waals surface area contributed by atoms with Crippen molar-refractivity contribution in [1.29, 1.82) is 0 Å². The average Bonchev–Trinajstić information content (AvgIpc) is 2.03. The third-order valence-corrected chi connectivity index (χ3v) is 1.53. The molecule has 1 amide bonds. The molecule has 7 heteroatoms. The van der Waals surface area contributed by atoms with Crippen LogP contribution in [0.25, 0.3) is 0 Å². The van der Waals surface area contributed by atoms with Gasteiger partial charge in [-0.15, -0.1) is 0 Å². The highest BCUT2D eigenvalue weighted by molar-refractivity contribution is 6.44. The molecule has 0 saturated heterocycles. The Bertz CT molecular complexity index is 283. The molecule has 7 nitrogen and oxygen atoms in total. The summed E-state index contributed by atoms with van der Waals surface area (Å²) in [5, 5.41) is 13.6. The normalized spacial score (nSPS) is 25.5. The first-order valence-electron chi connectivity index (χ1n) is 3.60. The first-order valence-corrected chi connectivity index (χ1v) is 3.60. The highest BCUT2D eigenvalue weighted by atomic mass is 16.4. The van der Waals surface area contributed by atoms with E-state index in [1.807, 2.05) is 0 Å². The van der Waals surface area contributed by atoms with Crippen LogP contribution in [0.15, 0.2) is 10.1 Å². The Balaban J connectivity index is 2.94. The minimum Gasteiger partial charge on any atom is -0.410 e. The largest absolute Gasteiger partial charge is 0.410 e. The maximum absolute atomic E-state index is 11.2. The minimum absolute atomic E-state index is 0.189. The van der Waals surface area contributed by atoms with E-state index < -0.39 is 12.1 Å². The summed E-state index contributed by atoms with van der Waals surface area (Å²) in [5.74, 6) is -0.182. The molecule has 4 N–H and O–H groups in total. The van der Waals surface area contributed by atoms with Gasteiger partial charge < -0.3 is 15.8 Å². The smallest absolute Gasteiger partial charge is 0.279 e. The van der Waals surface area contributed by atoms with E-state index in [2.05, 4.69) is 15.5 Å². The zero-order valence-corrected chi connectivity index (χ0v) is 7.35. The summed E-state index contributed by atoms with van der Waals surface area (Å²) < 4.78 is 0. The first kappa shape index (κ1) is 9.46. The van der Waals surface area contributed by atoms with Crippen LogP contribution in [-0.2, 0) is 4.79 Å². The molecular formula is C6H11N5O2. The Labute approximate surface area is 74.9 Å². The lowest BCUT2D eigenvalue weighted by Crippen LogP contribution is -2.53. The van der Waals surface area contributed by atoms with Gasteiger partial charge in [0.1, 0.15) is 0 Å². The van der Waals surface area contributed by atoms with Crippen LogP contribution in [0.5, 0.6) is 0 Å². The number of amides is 1. The van der Waals surface area contributed by atoms with Crippen molar-refractivity contribution in [1.82, 2.24) is 10.2 Å². The van der Waals surface area contributed by atoms with Crippen LogP contribution in [0.3, 0.4) is 0 Å². The number of aliphatic imine (C=N–C) groups is 1. The van der Waals surface area contributed by atoms with Gasteiger partial charge in [-0.1, -0.05) is 5.16 Å². The highest BCUT2D eigenvalue weighted by Gasteiger charge is 2.27. The lowest BCUT2D eigenvalue weighted by Gasteiger charge is -2.23. The van der Waals surface area contributed by atoms with E-state index >= 15 is 0 Å². The van der Waals surface area contributed by atoms with Crippen LogP contribution in [-0.4, -0.2) is 47.9 Å². The molecule has 1 unspecified atom stereocenters. The molecule has 1 aliphatic rings. The maximum Gasteiger partial charge on any atom is 0.279 e. The molecule has 1 atom stereocenters. The molecule has 0 aromatic rings. The number of nitrogens with two attached hydrogens (primary N) is 1. The third kappa shape index (κ3) is 1.75. The Morgan fingerprint density at radius 3 is 2.69 bits per heavy atom. The standard InChI is InChI=1S/C6H11N5O2/c1-11(2)6-8-4(7)3(10-13)5(12)9-6/h4,13H,7H2,1-2H3,(H,8,9,12). The lowest BCUT2D eigenvalue weighted by atomic mass is 10.2. The van der Waals surface area contributed by atoms with E-state index in [-0.39, 0.29) is 5.71 Å². The number of guanidine groups is 1. The number of hydrogen-bond acceptors (Lipinski definition) is 6. The Morgan fingerprint density at radius 2 is 2.31 bits per heavy atom. The van der Waals surface area contributed by atoms with Crippen molar-refractivity contribution in [3.05, 3.63) is 0 Å². The molecule has 0 bridgehead atoms. The van der Waals surface area contributed by atoms with Gasteiger partial charge in [0.15, 0.2) is 11.9 Å².